The van der Waals surface area contributed by atoms with E-state index in [0.717, 1.165) is 25.3 Å². The minimum atomic E-state index is 0.148. The first-order valence-electron chi connectivity index (χ1n) is 6.24. The molecule has 0 aromatic rings. The van der Waals surface area contributed by atoms with Gasteiger partial charge < -0.3 is 16.2 Å². The third-order valence-corrected chi connectivity index (χ3v) is 3.73. The maximum atomic E-state index is 8.98. The standard InChI is InChI=1S/C12H26N2O/c1-3-11(5-7-15)14-12(9-13)6-4-10(2)8-12/h10-11,14-15H,3-9,13H2,1-2H3. The highest BCUT2D eigenvalue weighted by Crippen LogP contribution is 2.34. The van der Waals surface area contributed by atoms with E-state index in [1.165, 1.54) is 19.3 Å². The molecule has 3 nitrogen and oxygen atoms in total. The number of nitrogens with one attached hydrogen (secondary N) is 1. The summed E-state index contributed by atoms with van der Waals surface area (Å²) in [6.45, 7) is 5.45. The molecule has 3 atom stereocenters. The Kier molecular flexibility index (Phi) is 5.03. The lowest BCUT2D eigenvalue weighted by Gasteiger charge is -2.34. The highest BCUT2D eigenvalue weighted by molar-refractivity contribution is 4.97. The van der Waals surface area contributed by atoms with Gasteiger partial charge in [0.1, 0.15) is 0 Å². The Morgan fingerprint density at radius 2 is 2.33 bits per heavy atom. The number of aliphatic hydroxyl groups is 1. The Bertz CT molecular complexity index is 186. The zero-order valence-corrected chi connectivity index (χ0v) is 10.1. The molecule has 1 fully saturated rings. The Morgan fingerprint density at radius 1 is 1.60 bits per heavy atom. The van der Waals surface area contributed by atoms with E-state index in [1.54, 1.807) is 0 Å². The molecule has 0 aromatic heterocycles. The summed E-state index contributed by atoms with van der Waals surface area (Å²) in [4.78, 5) is 0. The first-order valence-corrected chi connectivity index (χ1v) is 6.24. The van der Waals surface area contributed by atoms with Crippen molar-refractivity contribution in [2.45, 2.75) is 57.5 Å². The zero-order valence-electron chi connectivity index (χ0n) is 10.1. The molecular weight excluding hydrogens is 188 g/mol. The smallest absolute Gasteiger partial charge is 0.0445 e. The second kappa shape index (κ2) is 5.83. The van der Waals surface area contributed by atoms with Gasteiger partial charge in [0.2, 0.25) is 0 Å². The Balaban J connectivity index is 2.51. The van der Waals surface area contributed by atoms with Crippen molar-refractivity contribution in [3.05, 3.63) is 0 Å². The van der Waals surface area contributed by atoms with Gasteiger partial charge in [-0.3, -0.25) is 0 Å². The Labute approximate surface area is 93.4 Å². The first-order chi connectivity index (χ1) is 7.15. The summed E-state index contributed by atoms with van der Waals surface area (Å²) in [5, 5.41) is 12.7. The van der Waals surface area contributed by atoms with Crippen LogP contribution >= 0.6 is 0 Å². The number of nitrogens with two attached hydrogens (primary N) is 1. The third-order valence-electron chi connectivity index (χ3n) is 3.73. The third kappa shape index (κ3) is 3.44. The minimum absolute atomic E-state index is 0.148. The van der Waals surface area contributed by atoms with Crippen molar-refractivity contribution in [3.8, 4) is 0 Å². The van der Waals surface area contributed by atoms with Crippen LogP contribution in [0.25, 0.3) is 0 Å². The molecule has 0 aliphatic heterocycles. The van der Waals surface area contributed by atoms with E-state index in [-0.39, 0.29) is 12.1 Å². The number of rotatable bonds is 6. The van der Waals surface area contributed by atoms with Crippen LogP contribution in [0.2, 0.25) is 0 Å². The molecule has 0 amide bonds. The van der Waals surface area contributed by atoms with Gasteiger partial charge in [-0.25, -0.2) is 0 Å². The largest absolute Gasteiger partial charge is 0.396 e. The van der Waals surface area contributed by atoms with Gasteiger partial charge in [-0.2, -0.15) is 0 Å². The number of hydrogen-bond acceptors (Lipinski definition) is 3. The van der Waals surface area contributed by atoms with Crippen molar-refractivity contribution in [2.24, 2.45) is 11.7 Å². The van der Waals surface area contributed by atoms with Crippen LogP contribution in [0.3, 0.4) is 0 Å². The van der Waals surface area contributed by atoms with Crippen molar-refractivity contribution >= 4 is 0 Å². The topological polar surface area (TPSA) is 58.3 Å². The maximum Gasteiger partial charge on any atom is 0.0445 e. The second-order valence-corrected chi connectivity index (χ2v) is 5.09. The van der Waals surface area contributed by atoms with Crippen molar-refractivity contribution in [1.29, 1.82) is 0 Å². The molecule has 0 bridgehead atoms. The summed E-state index contributed by atoms with van der Waals surface area (Å²) in [6, 6.07) is 0.420. The predicted octanol–water partition coefficient (Wildman–Crippen LogP) is 1.25. The van der Waals surface area contributed by atoms with Crippen LogP contribution in [-0.2, 0) is 0 Å². The average Bonchev–Trinajstić information content (AvgIpc) is 2.60. The molecule has 0 spiro atoms. The van der Waals surface area contributed by atoms with Gasteiger partial charge in [0.25, 0.3) is 0 Å². The molecule has 1 aliphatic rings. The molecule has 0 saturated heterocycles. The van der Waals surface area contributed by atoms with Crippen molar-refractivity contribution in [1.82, 2.24) is 5.32 Å². The molecule has 1 rings (SSSR count). The fourth-order valence-electron chi connectivity index (χ4n) is 2.74. The van der Waals surface area contributed by atoms with E-state index in [4.69, 9.17) is 10.8 Å². The molecule has 3 unspecified atom stereocenters. The monoisotopic (exact) mass is 214 g/mol. The van der Waals surface area contributed by atoms with Crippen LogP contribution in [0.5, 0.6) is 0 Å². The summed E-state index contributed by atoms with van der Waals surface area (Å²) < 4.78 is 0. The molecule has 3 heteroatoms. The highest BCUT2D eigenvalue weighted by Gasteiger charge is 2.37. The van der Waals surface area contributed by atoms with Gasteiger partial charge in [0, 0.05) is 24.7 Å². The van der Waals surface area contributed by atoms with Gasteiger partial charge in [-0.05, 0) is 38.0 Å². The maximum absolute atomic E-state index is 8.98. The molecule has 90 valence electrons. The SMILES string of the molecule is CCC(CCO)NC1(CN)CCC(C)C1. The first kappa shape index (κ1) is 12.9. The minimum Gasteiger partial charge on any atom is -0.396 e. The fraction of sp³-hybridized carbons (Fsp3) is 1.00. The summed E-state index contributed by atoms with van der Waals surface area (Å²) in [5.74, 6) is 0.785. The van der Waals surface area contributed by atoms with Crippen LogP contribution in [-0.4, -0.2) is 29.8 Å². The fourth-order valence-corrected chi connectivity index (χ4v) is 2.74. The molecular formula is C12H26N2O. The van der Waals surface area contributed by atoms with E-state index in [2.05, 4.69) is 19.2 Å². The lowest BCUT2D eigenvalue weighted by atomic mass is 9.94. The molecule has 4 N–H and O–H groups in total. The molecule has 1 aliphatic carbocycles. The summed E-state index contributed by atoms with van der Waals surface area (Å²) in [5.41, 5.74) is 6.05. The van der Waals surface area contributed by atoms with Crippen molar-refractivity contribution in [2.75, 3.05) is 13.2 Å². The number of hydrogen-bond donors (Lipinski definition) is 3. The quantitative estimate of drug-likeness (QED) is 0.624. The van der Waals surface area contributed by atoms with Crippen LogP contribution in [0, 0.1) is 5.92 Å². The van der Waals surface area contributed by atoms with E-state index in [1.807, 2.05) is 0 Å². The van der Waals surface area contributed by atoms with Crippen LogP contribution in [0.1, 0.15) is 46.0 Å². The summed E-state index contributed by atoms with van der Waals surface area (Å²) in [7, 11) is 0. The summed E-state index contributed by atoms with van der Waals surface area (Å²) >= 11 is 0. The van der Waals surface area contributed by atoms with E-state index in [9.17, 15) is 0 Å². The predicted molar refractivity (Wildman–Crippen MR) is 63.7 cm³/mol. The molecule has 0 heterocycles. The average molecular weight is 214 g/mol. The van der Waals surface area contributed by atoms with E-state index in [0.29, 0.717) is 6.04 Å². The molecule has 1 saturated carbocycles. The van der Waals surface area contributed by atoms with Gasteiger partial charge in [0.15, 0.2) is 0 Å². The highest BCUT2D eigenvalue weighted by atomic mass is 16.3. The van der Waals surface area contributed by atoms with Crippen molar-refractivity contribution < 1.29 is 5.11 Å². The van der Waals surface area contributed by atoms with Gasteiger partial charge in [0.05, 0.1) is 0 Å². The Hall–Kier alpha value is -0.120. The van der Waals surface area contributed by atoms with Gasteiger partial charge >= 0.3 is 0 Å². The van der Waals surface area contributed by atoms with Gasteiger partial charge in [-0.1, -0.05) is 13.8 Å². The van der Waals surface area contributed by atoms with Crippen LogP contribution in [0.15, 0.2) is 0 Å². The molecule has 15 heavy (non-hydrogen) atoms. The normalized spacial score (nSPS) is 33.2. The summed E-state index contributed by atoms with van der Waals surface area (Å²) in [6.07, 6.45) is 5.56. The lowest BCUT2D eigenvalue weighted by Crippen LogP contribution is -2.53. The second-order valence-electron chi connectivity index (χ2n) is 5.09. The van der Waals surface area contributed by atoms with E-state index < -0.39 is 0 Å². The van der Waals surface area contributed by atoms with Crippen LogP contribution < -0.4 is 11.1 Å². The van der Waals surface area contributed by atoms with Gasteiger partial charge in [-0.15, -0.1) is 0 Å². The Morgan fingerprint density at radius 3 is 2.73 bits per heavy atom. The molecule has 0 aromatic carbocycles. The van der Waals surface area contributed by atoms with Crippen molar-refractivity contribution in [3.63, 3.8) is 0 Å². The molecule has 0 radical (unpaired) electrons. The number of aliphatic hydroxyl groups excluding tert-OH is 1. The van der Waals surface area contributed by atoms with E-state index >= 15 is 0 Å². The lowest BCUT2D eigenvalue weighted by molar-refractivity contribution is 0.225. The van der Waals surface area contributed by atoms with Crippen LogP contribution in [0.4, 0.5) is 0 Å². The zero-order chi connectivity index (χ0) is 11.3.